The van der Waals surface area contributed by atoms with Gasteiger partial charge in [0.2, 0.25) is 0 Å². The van der Waals surface area contributed by atoms with Crippen LogP contribution < -0.4 is 10.3 Å². The van der Waals surface area contributed by atoms with E-state index in [1.54, 1.807) is 6.21 Å². The Morgan fingerprint density at radius 3 is 2.38 bits per heavy atom. The highest BCUT2D eigenvalue weighted by atomic mass is 16.2. The highest BCUT2D eigenvalue weighted by molar-refractivity contribution is 5.95. The van der Waals surface area contributed by atoms with Gasteiger partial charge in [-0.1, -0.05) is 13.0 Å². The smallest absolute Gasteiger partial charge is 0.271 e. The van der Waals surface area contributed by atoms with Crippen molar-refractivity contribution in [2.75, 3.05) is 11.9 Å². The number of nitrogens with one attached hydrogen (secondary N) is 1. The monoisotopic (exact) mass is 428 g/mol. The van der Waals surface area contributed by atoms with Gasteiger partial charge >= 0.3 is 0 Å². The number of anilines is 1. The topological polar surface area (TPSA) is 49.6 Å². The van der Waals surface area contributed by atoms with Gasteiger partial charge in [-0.25, -0.2) is 5.43 Å². The first-order chi connectivity index (χ1) is 15.2. The summed E-state index contributed by atoms with van der Waals surface area (Å²) in [5.74, 6) is 0.256. The van der Waals surface area contributed by atoms with Gasteiger partial charge in [0.1, 0.15) is 0 Å². The van der Waals surface area contributed by atoms with E-state index in [0.717, 1.165) is 17.7 Å². The summed E-state index contributed by atoms with van der Waals surface area (Å²) in [7, 11) is 2.16. The van der Waals surface area contributed by atoms with E-state index in [9.17, 15) is 4.79 Å². The fraction of sp³-hybridized carbons (Fsp3) is 0.333. The quantitative estimate of drug-likeness (QED) is 0.436. The molecule has 1 unspecified atom stereocenters. The van der Waals surface area contributed by atoms with Crippen LogP contribution in [0.25, 0.3) is 5.69 Å². The number of nitrogens with zero attached hydrogens (tertiary/aromatic N) is 3. The molecule has 2 heterocycles. The van der Waals surface area contributed by atoms with Crippen LogP contribution in [0.5, 0.6) is 0 Å². The molecule has 0 fully saturated rings. The van der Waals surface area contributed by atoms with E-state index >= 15 is 0 Å². The Hall–Kier alpha value is -3.34. The summed E-state index contributed by atoms with van der Waals surface area (Å²) in [5, 5.41) is 4.20. The Kier molecular flexibility index (Phi) is 5.68. The summed E-state index contributed by atoms with van der Waals surface area (Å²) < 4.78 is 2.16. The highest BCUT2D eigenvalue weighted by Gasteiger charge is 2.33. The first-order valence-electron chi connectivity index (χ1n) is 11.1. The Morgan fingerprint density at radius 2 is 1.72 bits per heavy atom. The lowest BCUT2D eigenvalue weighted by Gasteiger charge is -2.45. The van der Waals surface area contributed by atoms with Crippen LogP contribution >= 0.6 is 0 Å². The Balaban J connectivity index is 1.44. The van der Waals surface area contributed by atoms with E-state index in [2.05, 4.69) is 92.0 Å². The summed E-state index contributed by atoms with van der Waals surface area (Å²) in [6.45, 7) is 11.0. The van der Waals surface area contributed by atoms with Crippen molar-refractivity contribution in [1.82, 2.24) is 9.99 Å². The fourth-order valence-corrected chi connectivity index (χ4v) is 4.74. The average molecular weight is 429 g/mol. The number of hydrogen-bond acceptors (Lipinski definition) is 3. The normalized spacial score (nSPS) is 17.4. The molecule has 5 heteroatoms. The zero-order chi connectivity index (χ0) is 23.0. The largest absolute Gasteiger partial charge is 0.369 e. The first-order valence-corrected chi connectivity index (χ1v) is 11.1. The Bertz CT molecular complexity index is 1150. The van der Waals surface area contributed by atoms with Crippen molar-refractivity contribution in [2.45, 2.75) is 52.5 Å². The molecule has 0 saturated heterocycles. The molecule has 1 atom stereocenters. The minimum Gasteiger partial charge on any atom is -0.369 e. The number of aryl methyl sites for hydroxylation is 2. The van der Waals surface area contributed by atoms with Gasteiger partial charge in [-0.3, -0.25) is 4.79 Å². The molecule has 0 aliphatic carbocycles. The van der Waals surface area contributed by atoms with Crippen molar-refractivity contribution in [3.8, 4) is 5.69 Å². The predicted molar refractivity (Wildman–Crippen MR) is 132 cm³/mol. The molecule has 4 rings (SSSR count). The minimum absolute atomic E-state index is 0.143. The lowest BCUT2D eigenvalue weighted by Crippen LogP contribution is -2.45. The van der Waals surface area contributed by atoms with Gasteiger partial charge < -0.3 is 9.47 Å². The molecule has 0 spiro atoms. The molecule has 0 radical (unpaired) electrons. The van der Waals surface area contributed by atoms with Crippen molar-refractivity contribution in [3.63, 3.8) is 0 Å². The number of hydrazone groups is 1. The van der Waals surface area contributed by atoms with Gasteiger partial charge in [0.25, 0.3) is 5.91 Å². The number of hydrogen-bond donors (Lipinski definition) is 1. The van der Waals surface area contributed by atoms with Crippen LogP contribution in [-0.2, 0) is 0 Å². The van der Waals surface area contributed by atoms with E-state index in [1.165, 1.54) is 22.6 Å². The standard InChI is InChI=1S/C27H32N4O/c1-18-16-27(4,5)30(6)25-14-9-21(15-24(18)25)17-28-29-26(32)22-10-12-23(13-11-22)31-19(2)7-8-20(31)3/h7-15,17-18H,16H2,1-6H3,(H,29,32)/b28-17-. The Labute approximate surface area is 190 Å². The molecule has 32 heavy (non-hydrogen) atoms. The van der Waals surface area contributed by atoms with Crippen LogP contribution in [-0.4, -0.2) is 29.3 Å². The van der Waals surface area contributed by atoms with Gasteiger partial charge in [-0.05, 0) is 99.7 Å². The zero-order valence-corrected chi connectivity index (χ0v) is 19.8. The van der Waals surface area contributed by atoms with Crippen LogP contribution in [0.1, 0.15) is 66.0 Å². The molecule has 0 saturated carbocycles. The summed E-state index contributed by atoms with van der Waals surface area (Å²) in [6.07, 6.45) is 2.82. The van der Waals surface area contributed by atoms with Crippen LogP contribution in [0.2, 0.25) is 0 Å². The molecule has 5 nitrogen and oxygen atoms in total. The highest BCUT2D eigenvalue weighted by Crippen LogP contribution is 2.42. The average Bonchev–Trinajstić information content (AvgIpc) is 3.10. The van der Waals surface area contributed by atoms with E-state index in [-0.39, 0.29) is 11.4 Å². The maximum atomic E-state index is 12.5. The number of carbonyl (C=O) groups excluding carboxylic acids is 1. The SMILES string of the molecule is Cc1ccc(C)n1-c1ccc(C(=O)N/N=C\c2ccc3c(c2)C(C)CC(C)(C)N3C)cc1. The van der Waals surface area contributed by atoms with Gasteiger partial charge in [-0.15, -0.1) is 0 Å². The Morgan fingerprint density at radius 1 is 1.06 bits per heavy atom. The number of aromatic nitrogens is 1. The van der Waals surface area contributed by atoms with E-state index < -0.39 is 0 Å². The third-order valence-corrected chi connectivity index (χ3v) is 6.70. The number of fused-ring (bicyclic) bond motifs is 1. The van der Waals surface area contributed by atoms with Crippen LogP contribution in [0.15, 0.2) is 59.7 Å². The molecule has 1 aromatic heterocycles. The first kappa shape index (κ1) is 21.9. The second-order valence-electron chi connectivity index (χ2n) is 9.49. The molecule has 2 aromatic carbocycles. The minimum atomic E-state index is -0.221. The molecular formula is C27H32N4O. The van der Waals surface area contributed by atoms with Gasteiger partial charge in [-0.2, -0.15) is 5.10 Å². The van der Waals surface area contributed by atoms with Crippen LogP contribution in [0.4, 0.5) is 5.69 Å². The number of rotatable bonds is 4. The molecule has 1 aliphatic heterocycles. The molecular weight excluding hydrogens is 396 g/mol. The van der Waals surface area contributed by atoms with Gasteiger partial charge in [0.15, 0.2) is 0 Å². The second-order valence-corrected chi connectivity index (χ2v) is 9.49. The van der Waals surface area contributed by atoms with Crippen molar-refractivity contribution in [1.29, 1.82) is 0 Å². The van der Waals surface area contributed by atoms with Crippen molar-refractivity contribution in [2.24, 2.45) is 5.10 Å². The second kappa shape index (κ2) is 8.30. The van der Waals surface area contributed by atoms with Crippen LogP contribution in [0, 0.1) is 13.8 Å². The molecule has 3 aromatic rings. The van der Waals surface area contributed by atoms with Crippen LogP contribution in [0.3, 0.4) is 0 Å². The molecule has 0 bridgehead atoms. The fourth-order valence-electron chi connectivity index (χ4n) is 4.74. The van der Waals surface area contributed by atoms with Gasteiger partial charge in [0, 0.05) is 40.9 Å². The maximum Gasteiger partial charge on any atom is 0.271 e. The summed E-state index contributed by atoms with van der Waals surface area (Å²) in [4.78, 5) is 14.9. The van der Waals surface area contributed by atoms with Crippen molar-refractivity contribution < 1.29 is 4.79 Å². The summed E-state index contributed by atoms with van der Waals surface area (Å²) in [5.41, 5.74) is 10.3. The molecule has 1 amide bonds. The van der Waals surface area contributed by atoms with E-state index in [0.29, 0.717) is 11.5 Å². The van der Waals surface area contributed by atoms with E-state index in [4.69, 9.17) is 0 Å². The number of amides is 1. The molecule has 1 N–H and O–H groups in total. The lowest BCUT2D eigenvalue weighted by molar-refractivity contribution is 0.0955. The predicted octanol–water partition coefficient (Wildman–Crippen LogP) is 5.58. The number of benzene rings is 2. The molecule has 166 valence electrons. The van der Waals surface area contributed by atoms with Gasteiger partial charge in [0.05, 0.1) is 6.21 Å². The summed E-state index contributed by atoms with van der Waals surface area (Å²) in [6, 6.07) is 18.1. The van der Waals surface area contributed by atoms with Crippen molar-refractivity contribution >= 4 is 17.8 Å². The maximum absolute atomic E-state index is 12.5. The third kappa shape index (κ3) is 4.07. The van der Waals surface area contributed by atoms with Crippen molar-refractivity contribution in [3.05, 3.63) is 82.7 Å². The molecule has 1 aliphatic rings. The third-order valence-electron chi connectivity index (χ3n) is 6.70. The van der Waals surface area contributed by atoms with E-state index in [1.807, 2.05) is 24.3 Å². The lowest BCUT2D eigenvalue weighted by atomic mass is 9.80. The number of carbonyl (C=O) groups is 1. The summed E-state index contributed by atoms with van der Waals surface area (Å²) >= 11 is 0. The zero-order valence-electron chi connectivity index (χ0n) is 19.8.